The Balaban J connectivity index is 1.52. The molecule has 1 aromatic heterocycles. The molecule has 0 bridgehead atoms. The van der Waals surface area contributed by atoms with Crippen LogP contribution in [0.2, 0.25) is 0 Å². The maximum atomic E-state index is 12.5. The monoisotopic (exact) mass is 404 g/mol. The Morgan fingerprint density at radius 3 is 2.75 bits per heavy atom. The average molecular weight is 404 g/mol. The fraction of sp³-hybridized carbons (Fsp3) is 0.158. The number of amides is 1. The van der Waals surface area contributed by atoms with E-state index >= 15 is 0 Å². The lowest BCUT2D eigenvalue weighted by molar-refractivity contribution is -0.0501. The van der Waals surface area contributed by atoms with Gasteiger partial charge in [0.1, 0.15) is 19.0 Å². The van der Waals surface area contributed by atoms with E-state index in [9.17, 15) is 13.6 Å². The van der Waals surface area contributed by atoms with Gasteiger partial charge in [0.25, 0.3) is 5.91 Å². The number of para-hydroxylation sites is 1. The SMILES string of the molecule is O=C(Nc1nc(-c2ccc3c(c2)OCCO3)cs1)c1ccccc1OC(F)F. The van der Waals surface area contributed by atoms with Crippen molar-refractivity contribution < 1.29 is 27.8 Å². The van der Waals surface area contributed by atoms with Crippen LogP contribution in [-0.2, 0) is 0 Å². The highest BCUT2D eigenvalue weighted by Crippen LogP contribution is 2.35. The summed E-state index contributed by atoms with van der Waals surface area (Å²) in [7, 11) is 0. The number of hydrogen-bond acceptors (Lipinski definition) is 6. The summed E-state index contributed by atoms with van der Waals surface area (Å²) in [4.78, 5) is 16.8. The minimum Gasteiger partial charge on any atom is -0.486 e. The Morgan fingerprint density at radius 1 is 1.14 bits per heavy atom. The molecule has 4 rings (SSSR count). The second-order valence-electron chi connectivity index (χ2n) is 5.73. The zero-order valence-electron chi connectivity index (χ0n) is 14.4. The first-order valence-electron chi connectivity index (χ1n) is 8.31. The van der Waals surface area contributed by atoms with Crippen molar-refractivity contribution in [3.63, 3.8) is 0 Å². The van der Waals surface area contributed by atoms with E-state index in [-0.39, 0.29) is 11.3 Å². The molecule has 9 heteroatoms. The fourth-order valence-electron chi connectivity index (χ4n) is 2.68. The van der Waals surface area contributed by atoms with E-state index in [1.807, 2.05) is 12.1 Å². The highest BCUT2D eigenvalue weighted by molar-refractivity contribution is 7.14. The Morgan fingerprint density at radius 2 is 1.93 bits per heavy atom. The maximum Gasteiger partial charge on any atom is 0.387 e. The number of nitrogens with zero attached hydrogens (tertiary/aromatic N) is 1. The lowest BCUT2D eigenvalue weighted by atomic mass is 10.1. The fourth-order valence-corrected chi connectivity index (χ4v) is 3.40. The van der Waals surface area contributed by atoms with E-state index in [4.69, 9.17) is 9.47 Å². The van der Waals surface area contributed by atoms with Crippen LogP contribution >= 0.6 is 11.3 Å². The Hall–Kier alpha value is -3.20. The summed E-state index contributed by atoms with van der Waals surface area (Å²) in [5, 5.41) is 4.73. The van der Waals surface area contributed by atoms with Crippen LogP contribution in [0.3, 0.4) is 0 Å². The van der Waals surface area contributed by atoms with Crippen LogP contribution in [0.25, 0.3) is 11.3 Å². The summed E-state index contributed by atoms with van der Waals surface area (Å²) < 4.78 is 40.5. The van der Waals surface area contributed by atoms with Gasteiger partial charge in [-0.2, -0.15) is 8.78 Å². The standard InChI is InChI=1S/C19H14F2N2O4S/c20-18(21)27-14-4-2-1-3-12(14)17(24)23-19-22-13(10-28-19)11-5-6-15-16(9-11)26-8-7-25-15/h1-6,9-10,18H,7-8H2,(H,22,23,24). The van der Waals surface area contributed by atoms with Gasteiger partial charge in [0.15, 0.2) is 16.6 Å². The molecule has 0 spiro atoms. The highest BCUT2D eigenvalue weighted by Gasteiger charge is 2.18. The van der Waals surface area contributed by atoms with Gasteiger partial charge < -0.3 is 14.2 Å². The van der Waals surface area contributed by atoms with Gasteiger partial charge in [-0.15, -0.1) is 11.3 Å². The van der Waals surface area contributed by atoms with Crippen LogP contribution in [-0.4, -0.2) is 30.7 Å². The van der Waals surface area contributed by atoms with Gasteiger partial charge in [-0.3, -0.25) is 10.1 Å². The topological polar surface area (TPSA) is 69.7 Å². The van der Waals surface area contributed by atoms with Gasteiger partial charge in [-0.1, -0.05) is 12.1 Å². The molecule has 0 atom stereocenters. The summed E-state index contributed by atoms with van der Waals surface area (Å²) in [6.45, 7) is -2.03. The molecule has 1 aliphatic rings. The number of rotatable bonds is 5. The molecule has 0 saturated carbocycles. The van der Waals surface area contributed by atoms with Crippen molar-refractivity contribution in [1.29, 1.82) is 0 Å². The number of ether oxygens (including phenoxy) is 3. The smallest absolute Gasteiger partial charge is 0.387 e. The quantitative estimate of drug-likeness (QED) is 0.681. The van der Waals surface area contributed by atoms with Gasteiger partial charge in [0, 0.05) is 10.9 Å². The van der Waals surface area contributed by atoms with Gasteiger partial charge in [-0.05, 0) is 30.3 Å². The molecule has 1 N–H and O–H groups in total. The van der Waals surface area contributed by atoms with E-state index in [0.29, 0.717) is 35.5 Å². The van der Waals surface area contributed by atoms with Crippen molar-refractivity contribution >= 4 is 22.4 Å². The third-order valence-electron chi connectivity index (χ3n) is 3.91. The summed E-state index contributed by atoms with van der Waals surface area (Å²) in [6.07, 6.45) is 0. The number of halogens is 2. The summed E-state index contributed by atoms with van der Waals surface area (Å²) >= 11 is 1.22. The van der Waals surface area contributed by atoms with Crippen LogP contribution in [0.1, 0.15) is 10.4 Å². The van der Waals surface area contributed by atoms with Gasteiger partial charge in [0.2, 0.25) is 0 Å². The third-order valence-corrected chi connectivity index (χ3v) is 4.67. The molecular formula is C19H14F2N2O4S. The predicted molar refractivity (Wildman–Crippen MR) is 99.6 cm³/mol. The first kappa shape index (κ1) is 18.2. The third kappa shape index (κ3) is 3.89. The molecule has 0 saturated heterocycles. The molecule has 0 radical (unpaired) electrons. The molecule has 1 aliphatic heterocycles. The normalized spacial score (nSPS) is 12.7. The van der Waals surface area contributed by atoms with E-state index in [1.54, 1.807) is 17.5 Å². The summed E-state index contributed by atoms with van der Waals surface area (Å²) in [5.41, 5.74) is 1.45. The molecule has 1 amide bonds. The van der Waals surface area contributed by atoms with E-state index in [1.165, 1.54) is 29.5 Å². The van der Waals surface area contributed by atoms with E-state index in [0.717, 1.165) is 5.56 Å². The minimum absolute atomic E-state index is 0.00104. The first-order chi connectivity index (χ1) is 13.6. The number of benzene rings is 2. The molecule has 144 valence electrons. The molecule has 3 aromatic rings. The zero-order valence-corrected chi connectivity index (χ0v) is 15.2. The number of hydrogen-bond donors (Lipinski definition) is 1. The second kappa shape index (κ2) is 7.81. The number of thiazole rings is 1. The largest absolute Gasteiger partial charge is 0.486 e. The average Bonchev–Trinajstić information content (AvgIpc) is 3.16. The van der Waals surface area contributed by atoms with Crippen molar-refractivity contribution in [3.8, 4) is 28.5 Å². The molecule has 28 heavy (non-hydrogen) atoms. The summed E-state index contributed by atoms with van der Waals surface area (Å²) in [5.74, 6) is 0.535. The first-order valence-corrected chi connectivity index (χ1v) is 9.19. The molecular weight excluding hydrogens is 390 g/mol. The minimum atomic E-state index is -3.02. The van der Waals surface area contributed by atoms with Gasteiger partial charge in [0.05, 0.1) is 11.3 Å². The molecule has 0 aliphatic carbocycles. The van der Waals surface area contributed by atoms with Crippen molar-refractivity contribution in [3.05, 3.63) is 53.4 Å². The number of carbonyl (C=O) groups excluding carboxylic acids is 1. The van der Waals surface area contributed by atoms with Gasteiger partial charge >= 0.3 is 6.61 Å². The Labute approximate surface area is 162 Å². The van der Waals surface area contributed by atoms with Gasteiger partial charge in [-0.25, -0.2) is 4.98 Å². The molecule has 0 fully saturated rings. The van der Waals surface area contributed by atoms with Crippen LogP contribution in [0, 0.1) is 0 Å². The predicted octanol–water partition coefficient (Wildman–Crippen LogP) is 4.44. The van der Waals surface area contributed by atoms with Crippen LogP contribution in [0.4, 0.5) is 13.9 Å². The lowest BCUT2D eigenvalue weighted by Crippen LogP contribution is -2.15. The highest BCUT2D eigenvalue weighted by atomic mass is 32.1. The van der Waals surface area contributed by atoms with Crippen molar-refractivity contribution in [2.24, 2.45) is 0 Å². The van der Waals surface area contributed by atoms with Crippen LogP contribution < -0.4 is 19.5 Å². The maximum absolute atomic E-state index is 12.5. The zero-order chi connectivity index (χ0) is 19.5. The number of anilines is 1. The Kier molecular flexibility index (Phi) is 5.07. The molecule has 2 aromatic carbocycles. The van der Waals surface area contributed by atoms with Crippen molar-refractivity contribution in [2.45, 2.75) is 6.61 Å². The number of nitrogens with one attached hydrogen (secondary N) is 1. The number of aromatic nitrogens is 1. The van der Waals surface area contributed by atoms with Crippen LogP contribution in [0.15, 0.2) is 47.8 Å². The van der Waals surface area contributed by atoms with Crippen molar-refractivity contribution in [2.75, 3.05) is 18.5 Å². The number of fused-ring (bicyclic) bond motifs is 1. The molecule has 6 nitrogen and oxygen atoms in total. The second-order valence-corrected chi connectivity index (χ2v) is 6.58. The van der Waals surface area contributed by atoms with E-state index < -0.39 is 12.5 Å². The molecule has 0 unspecified atom stereocenters. The van der Waals surface area contributed by atoms with Crippen LogP contribution in [0.5, 0.6) is 17.2 Å². The lowest BCUT2D eigenvalue weighted by Gasteiger charge is -2.18. The molecule has 2 heterocycles. The Bertz CT molecular complexity index is 1010. The number of carbonyl (C=O) groups is 1. The van der Waals surface area contributed by atoms with E-state index in [2.05, 4.69) is 15.0 Å². The van der Waals surface area contributed by atoms with Crippen molar-refractivity contribution in [1.82, 2.24) is 4.98 Å². The number of alkyl halides is 2. The summed E-state index contributed by atoms with van der Waals surface area (Å²) in [6, 6.07) is 11.3.